The Balaban J connectivity index is 1.60. The standard InChI is InChI=1S/C24H27FN8O3/c1-24(22(34)28-10-2-8-26)13-35-21(36-14-24)20-32-18(15-3-5-16(25)6-4-15)19(33-20)17-7-11-29-23(31-17)30-12-9-27/h3-7,11,21H,2,9-10,12-14,27H2,1H3,(H,28,34)(H,32,33)(H,29,30,31). The summed E-state index contributed by atoms with van der Waals surface area (Å²) < 4.78 is 25.3. The van der Waals surface area contributed by atoms with Crippen LogP contribution in [0, 0.1) is 22.6 Å². The van der Waals surface area contributed by atoms with Gasteiger partial charge in [0.1, 0.15) is 5.82 Å². The van der Waals surface area contributed by atoms with Crippen molar-refractivity contribution in [3.05, 3.63) is 48.2 Å². The van der Waals surface area contributed by atoms with E-state index < -0.39 is 11.7 Å². The van der Waals surface area contributed by atoms with E-state index in [1.165, 1.54) is 12.1 Å². The second-order valence-electron chi connectivity index (χ2n) is 8.51. The number of imidazole rings is 1. The minimum Gasteiger partial charge on any atom is -0.354 e. The summed E-state index contributed by atoms with van der Waals surface area (Å²) in [6, 6.07) is 9.67. The Morgan fingerprint density at radius 3 is 2.69 bits per heavy atom. The van der Waals surface area contributed by atoms with E-state index in [9.17, 15) is 9.18 Å². The number of halogens is 1. The summed E-state index contributed by atoms with van der Waals surface area (Å²) in [6.07, 6.45) is 0.981. The topological polar surface area (TPSA) is 164 Å². The Hall–Kier alpha value is -3.92. The molecule has 11 nitrogen and oxygen atoms in total. The maximum absolute atomic E-state index is 13.6. The van der Waals surface area contributed by atoms with Crippen molar-refractivity contribution in [2.75, 3.05) is 38.2 Å². The van der Waals surface area contributed by atoms with Gasteiger partial charge in [-0.1, -0.05) is 0 Å². The van der Waals surface area contributed by atoms with Crippen LogP contribution in [0.15, 0.2) is 36.5 Å². The Bertz CT molecular complexity index is 1230. The number of ether oxygens (including phenoxy) is 2. The van der Waals surface area contributed by atoms with Gasteiger partial charge in [-0.2, -0.15) is 5.26 Å². The Kier molecular flexibility index (Phi) is 7.84. The molecule has 5 N–H and O–H groups in total. The molecule has 3 heterocycles. The number of nitrogens with two attached hydrogens (primary N) is 1. The van der Waals surface area contributed by atoms with Gasteiger partial charge in [-0.25, -0.2) is 19.3 Å². The van der Waals surface area contributed by atoms with Crippen LogP contribution in [0.5, 0.6) is 0 Å². The first-order chi connectivity index (χ1) is 17.4. The largest absolute Gasteiger partial charge is 0.354 e. The van der Waals surface area contributed by atoms with E-state index in [0.717, 1.165) is 0 Å². The quantitative estimate of drug-likeness (QED) is 0.326. The molecule has 188 valence electrons. The fourth-order valence-corrected chi connectivity index (χ4v) is 3.62. The number of H-pyrrole nitrogens is 1. The average molecular weight is 495 g/mol. The molecule has 0 spiro atoms. The third-order valence-corrected chi connectivity index (χ3v) is 5.58. The molecule has 12 heteroatoms. The number of aromatic nitrogens is 4. The number of hydrogen-bond donors (Lipinski definition) is 4. The van der Waals surface area contributed by atoms with Gasteiger partial charge in [0.05, 0.1) is 48.2 Å². The second kappa shape index (κ2) is 11.2. The van der Waals surface area contributed by atoms with Crippen molar-refractivity contribution in [3.63, 3.8) is 0 Å². The first-order valence-electron chi connectivity index (χ1n) is 11.4. The van der Waals surface area contributed by atoms with Gasteiger partial charge >= 0.3 is 0 Å². The van der Waals surface area contributed by atoms with Gasteiger partial charge in [0.25, 0.3) is 0 Å². The van der Waals surface area contributed by atoms with E-state index in [1.54, 1.807) is 31.3 Å². The van der Waals surface area contributed by atoms with Crippen LogP contribution < -0.4 is 16.4 Å². The highest BCUT2D eigenvalue weighted by molar-refractivity contribution is 5.82. The minimum absolute atomic E-state index is 0.0959. The molecule has 2 aromatic heterocycles. The van der Waals surface area contributed by atoms with E-state index in [-0.39, 0.29) is 37.9 Å². The van der Waals surface area contributed by atoms with Crippen molar-refractivity contribution in [2.45, 2.75) is 19.6 Å². The number of nitrogens with zero attached hydrogens (tertiary/aromatic N) is 4. The highest BCUT2D eigenvalue weighted by Gasteiger charge is 2.40. The Morgan fingerprint density at radius 2 is 2.00 bits per heavy atom. The molecular formula is C24H27FN8O3. The van der Waals surface area contributed by atoms with Crippen molar-refractivity contribution in [1.82, 2.24) is 25.3 Å². The van der Waals surface area contributed by atoms with Crippen molar-refractivity contribution in [2.24, 2.45) is 11.1 Å². The van der Waals surface area contributed by atoms with Crippen LogP contribution in [-0.4, -0.2) is 58.7 Å². The van der Waals surface area contributed by atoms with Crippen LogP contribution in [0.1, 0.15) is 25.5 Å². The number of anilines is 1. The van der Waals surface area contributed by atoms with E-state index in [2.05, 4.69) is 30.6 Å². The summed E-state index contributed by atoms with van der Waals surface area (Å²) in [7, 11) is 0. The maximum atomic E-state index is 13.6. The molecule has 36 heavy (non-hydrogen) atoms. The van der Waals surface area contributed by atoms with Crippen LogP contribution in [0.3, 0.4) is 0 Å². The lowest BCUT2D eigenvalue weighted by atomic mass is 9.91. The fourth-order valence-electron chi connectivity index (χ4n) is 3.62. The smallest absolute Gasteiger partial charge is 0.230 e. The monoisotopic (exact) mass is 494 g/mol. The normalized spacial score (nSPS) is 19.4. The van der Waals surface area contributed by atoms with E-state index in [0.29, 0.717) is 47.5 Å². The molecule has 3 aromatic rings. The van der Waals surface area contributed by atoms with Crippen LogP contribution in [0.25, 0.3) is 22.6 Å². The molecule has 4 rings (SSSR count). The summed E-state index contributed by atoms with van der Waals surface area (Å²) in [6.45, 7) is 3.12. The number of nitriles is 1. The average Bonchev–Trinajstić information content (AvgIpc) is 3.34. The summed E-state index contributed by atoms with van der Waals surface area (Å²) in [4.78, 5) is 29.2. The van der Waals surface area contributed by atoms with Crippen molar-refractivity contribution >= 4 is 11.9 Å². The van der Waals surface area contributed by atoms with Crippen molar-refractivity contribution < 1.29 is 18.7 Å². The molecule has 1 amide bonds. The Morgan fingerprint density at radius 1 is 1.25 bits per heavy atom. The lowest BCUT2D eigenvalue weighted by Gasteiger charge is -2.35. The van der Waals surface area contributed by atoms with Gasteiger partial charge in [0, 0.05) is 31.4 Å². The molecule has 1 aliphatic rings. The van der Waals surface area contributed by atoms with Gasteiger partial charge in [-0.3, -0.25) is 4.79 Å². The molecule has 0 bridgehead atoms. The molecule has 0 aliphatic carbocycles. The van der Waals surface area contributed by atoms with E-state index >= 15 is 0 Å². The lowest BCUT2D eigenvalue weighted by Crippen LogP contribution is -2.48. The van der Waals surface area contributed by atoms with Crippen LogP contribution >= 0.6 is 0 Å². The predicted octanol–water partition coefficient (Wildman–Crippen LogP) is 2.12. The van der Waals surface area contributed by atoms with Gasteiger partial charge in [0.15, 0.2) is 5.82 Å². The number of benzene rings is 1. The Labute approximate surface area is 207 Å². The number of amides is 1. The van der Waals surface area contributed by atoms with Gasteiger partial charge in [-0.15, -0.1) is 0 Å². The minimum atomic E-state index is -0.905. The zero-order valence-corrected chi connectivity index (χ0v) is 19.8. The van der Waals surface area contributed by atoms with Crippen molar-refractivity contribution in [1.29, 1.82) is 5.26 Å². The van der Waals surface area contributed by atoms with E-state index in [4.69, 9.17) is 20.5 Å². The van der Waals surface area contributed by atoms with E-state index in [1.807, 2.05) is 6.07 Å². The second-order valence-corrected chi connectivity index (χ2v) is 8.51. The molecular weight excluding hydrogens is 467 g/mol. The van der Waals surface area contributed by atoms with Gasteiger partial charge in [0.2, 0.25) is 18.1 Å². The molecule has 1 aromatic carbocycles. The molecule has 1 saturated heterocycles. The summed E-state index contributed by atoms with van der Waals surface area (Å²) in [5.41, 5.74) is 6.98. The van der Waals surface area contributed by atoms with Gasteiger partial charge in [-0.05, 0) is 37.3 Å². The predicted molar refractivity (Wildman–Crippen MR) is 129 cm³/mol. The number of carbonyl (C=O) groups excluding carboxylic acids is 1. The maximum Gasteiger partial charge on any atom is 0.230 e. The summed E-state index contributed by atoms with van der Waals surface area (Å²) in [5.74, 6) is 0.174. The third kappa shape index (κ3) is 5.65. The number of rotatable bonds is 9. The summed E-state index contributed by atoms with van der Waals surface area (Å²) in [5, 5.41) is 14.4. The number of hydrogen-bond acceptors (Lipinski definition) is 9. The van der Waals surface area contributed by atoms with Crippen LogP contribution in [0.4, 0.5) is 10.3 Å². The first-order valence-corrected chi connectivity index (χ1v) is 11.4. The van der Waals surface area contributed by atoms with Crippen LogP contribution in [0.2, 0.25) is 0 Å². The third-order valence-electron chi connectivity index (χ3n) is 5.58. The first kappa shape index (κ1) is 25.2. The molecule has 0 radical (unpaired) electrons. The van der Waals surface area contributed by atoms with Crippen LogP contribution in [-0.2, 0) is 14.3 Å². The zero-order valence-electron chi connectivity index (χ0n) is 19.8. The SMILES string of the molecule is CC1(C(=O)NCCC#N)COC(c2nc(-c3ccc(F)cc3)c(-c3ccnc(NCCN)n3)[nH]2)OC1. The number of aromatic amines is 1. The molecule has 1 aliphatic heterocycles. The highest BCUT2D eigenvalue weighted by atomic mass is 19.1. The summed E-state index contributed by atoms with van der Waals surface area (Å²) >= 11 is 0. The van der Waals surface area contributed by atoms with Crippen molar-refractivity contribution in [3.8, 4) is 28.7 Å². The molecule has 0 atom stereocenters. The van der Waals surface area contributed by atoms with Gasteiger partial charge < -0.3 is 30.8 Å². The zero-order chi connectivity index (χ0) is 25.5. The molecule has 0 saturated carbocycles. The molecule has 1 fully saturated rings. The lowest BCUT2D eigenvalue weighted by molar-refractivity contribution is -0.231. The molecule has 0 unspecified atom stereocenters. The number of nitrogens with one attached hydrogen (secondary N) is 3. The highest BCUT2D eigenvalue weighted by Crippen LogP contribution is 2.35. The number of carbonyl (C=O) groups is 1. The fraction of sp³-hybridized carbons (Fsp3) is 0.375.